The topological polar surface area (TPSA) is 52.6 Å². The molecule has 0 aliphatic carbocycles. The molecule has 0 amide bonds. The van der Waals surface area contributed by atoms with Gasteiger partial charge in [-0.2, -0.15) is 0 Å². The van der Waals surface area contributed by atoms with Gasteiger partial charge in [-0.15, -0.1) is 0 Å². The molecule has 0 aromatic rings. The zero-order valence-electron chi connectivity index (χ0n) is 10.9. The molecule has 0 unspecified atom stereocenters. The lowest BCUT2D eigenvalue weighted by Crippen LogP contribution is -2.09. The molecule has 98 valence electrons. The highest BCUT2D eigenvalue weighted by Gasteiger charge is 2.02. The summed E-state index contributed by atoms with van der Waals surface area (Å²) < 4.78 is 9.74. The molecule has 0 atom stereocenters. The van der Waals surface area contributed by atoms with Crippen molar-refractivity contribution in [3.05, 3.63) is 12.2 Å². The van der Waals surface area contributed by atoms with E-state index in [9.17, 15) is 9.59 Å². The highest BCUT2D eigenvalue weighted by Crippen LogP contribution is 1.99. The number of carbonyl (C=O) groups is 2. The fraction of sp³-hybridized carbons (Fsp3) is 0.692. The Morgan fingerprint density at radius 1 is 1.06 bits per heavy atom. The van der Waals surface area contributed by atoms with E-state index in [1.165, 1.54) is 0 Å². The summed E-state index contributed by atoms with van der Waals surface area (Å²) in [5.74, 6) is -1.02. The van der Waals surface area contributed by atoms with Crippen molar-refractivity contribution in [2.75, 3.05) is 6.61 Å². The number of rotatable bonds is 8. The second-order valence-electron chi connectivity index (χ2n) is 4.05. The minimum atomic E-state index is -0.525. The summed E-state index contributed by atoms with van der Waals surface area (Å²) in [5, 5.41) is 0. The van der Waals surface area contributed by atoms with Gasteiger partial charge in [-0.1, -0.05) is 26.2 Å². The largest absolute Gasteiger partial charge is 0.463 e. The highest BCUT2D eigenvalue weighted by atomic mass is 16.5. The number of ether oxygens (including phenoxy) is 2. The predicted octanol–water partition coefficient (Wildman–Crippen LogP) is 2.62. The van der Waals surface area contributed by atoms with Gasteiger partial charge in [0.2, 0.25) is 0 Å². The third kappa shape index (κ3) is 11.0. The monoisotopic (exact) mass is 242 g/mol. The van der Waals surface area contributed by atoms with Crippen LogP contribution in [0, 0.1) is 0 Å². The van der Waals surface area contributed by atoms with Crippen LogP contribution in [0.4, 0.5) is 0 Å². The second-order valence-corrected chi connectivity index (χ2v) is 4.05. The molecule has 0 radical (unpaired) electrons. The summed E-state index contributed by atoms with van der Waals surface area (Å²) in [4.78, 5) is 22.2. The van der Waals surface area contributed by atoms with Gasteiger partial charge in [0, 0.05) is 12.2 Å². The van der Waals surface area contributed by atoms with Crippen LogP contribution in [0.15, 0.2) is 12.2 Å². The average molecular weight is 242 g/mol. The molecule has 0 heterocycles. The number of esters is 2. The van der Waals surface area contributed by atoms with E-state index in [1.54, 1.807) is 13.8 Å². The van der Waals surface area contributed by atoms with E-state index in [0.717, 1.165) is 37.8 Å². The quantitative estimate of drug-likeness (QED) is 0.373. The lowest BCUT2D eigenvalue weighted by atomic mass is 10.2. The van der Waals surface area contributed by atoms with Crippen LogP contribution in [0.1, 0.15) is 46.5 Å². The molecule has 0 fully saturated rings. The minimum Gasteiger partial charge on any atom is -0.463 e. The van der Waals surface area contributed by atoms with Gasteiger partial charge >= 0.3 is 11.9 Å². The van der Waals surface area contributed by atoms with Crippen molar-refractivity contribution in [2.24, 2.45) is 0 Å². The van der Waals surface area contributed by atoms with E-state index < -0.39 is 11.9 Å². The van der Waals surface area contributed by atoms with Crippen molar-refractivity contribution in [1.82, 2.24) is 0 Å². The third-order valence-corrected chi connectivity index (χ3v) is 1.95. The SMILES string of the molecule is CCCCCCOC(=O)/C=C/C(=O)OC(C)C. The summed E-state index contributed by atoms with van der Waals surface area (Å²) in [6.45, 7) is 6.02. The maximum absolute atomic E-state index is 11.1. The molecule has 0 saturated heterocycles. The van der Waals surface area contributed by atoms with E-state index in [2.05, 4.69) is 6.92 Å². The Morgan fingerprint density at radius 3 is 2.29 bits per heavy atom. The smallest absolute Gasteiger partial charge is 0.331 e. The lowest BCUT2D eigenvalue weighted by molar-refractivity contribution is -0.142. The number of hydrogen-bond donors (Lipinski definition) is 0. The summed E-state index contributed by atoms with van der Waals surface area (Å²) in [5.41, 5.74) is 0. The van der Waals surface area contributed by atoms with Crippen molar-refractivity contribution in [3.63, 3.8) is 0 Å². The van der Waals surface area contributed by atoms with Crippen LogP contribution in [0.3, 0.4) is 0 Å². The van der Waals surface area contributed by atoms with Crippen LogP contribution in [0.2, 0.25) is 0 Å². The maximum atomic E-state index is 11.1. The summed E-state index contributed by atoms with van der Waals surface area (Å²) in [6, 6.07) is 0. The second kappa shape index (κ2) is 9.87. The molecule has 4 heteroatoms. The summed E-state index contributed by atoms with van der Waals surface area (Å²) in [6.07, 6.45) is 6.23. The van der Waals surface area contributed by atoms with E-state index >= 15 is 0 Å². The van der Waals surface area contributed by atoms with Gasteiger partial charge in [0.15, 0.2) is 0 Å². The molecule has 0 rings (SSSR count). The summed E-state index contributed by atoms with van der Waals surface area (Å²) in [7, 11) is 0. The van der Waals surface area contributed by atoms with Gasteiger partial charge in [0.05, 0.1) is 12.7 Å². The van der Waals surface area contributed by atoms with Crippen molar-refractivity contribution in [2.45, 2.75) is 52.6 Å². The maximum Gasteiger partial charge on any atom is 0.331 e. The van der Waals surface area contributed by atoms with E-state index in [0.29, 0.717) is 6.61 Å². The van der Waals surface area contributed by atoms with Crippen LogP contribution in [0.25, 0.3) is 0 Å². The Balaban J connectivity index is 3.63. The minimum absolute atomic E-state index is 0.183. The number of unbranched alkanes of at least 4 members (excludes halogenated alkanes) is 3. The molecule has 0 aromatic carbocycles. The zero-order chi connectivity index (χ0) is 13.1. The van der Waals surface area contributed by atoms with Gasteiger partial charge in [0.25, 0.3) is 0 Å². The molecule has 0 saturated carbocycles. The number of carbonyl (C=O) groups excluding carboxylic acids is 2. The molecule has 17 heavy (non-hydrogen) atoms. The molecular weight excluding hydrogens is 220 g/mol. The van der Waals surface area contributed by atoms with Gasteiger partial charge in [-0.25, -0.2) is 9.59 Å². The van der Waals surface area contributed by atoms with E-state index in [4.69, 9.17) is 9.47 Å². The molecule has 0 N–H and O–H groups in total. The van der Waals surface area contributed by atoms with Crippen LogP contribution in [0.5, 0.6) is 0 Å². The Labute approximate surface area is 103 Å². The first-order valence-corrected chi connectivity index (χ1v) is 6.11. The molecule has 4 nitrogen and oxygen atoms in total. The first kappa shape index (κ1) is 15.7. The number of hydrogen-bond acceptors (Lipinski definition) is 4. The van der Waals surface area contributed by atoms with Crippen molar-refractivity contribution in [3.8, 4) is 0 Å². The average Bonchev–Trinajstić information content (AvgIpc) is 2.25. The normalized spacial score (nSPS) is 10.8. The predicted molar refractivity (Wildman–Crippen MR) is 65.5 cm³/mol. The first-order chi connectivity index (χ1) is 8.06. The molecule has 0 aromatic heterocycles. The molecule has 0 spiro atoms. The fourth-order valence-corrected chi connectivity index (χ4v) is 1.16. The van der Waals surface area contributed by atoms with Gasteiger partial charge in [0.1, 0.15) is 0 Å². The third-order valence-electron chi connectivity index (χ3n) is 1.95. The molecular formula is C13H22O4. The Hall–Kier alpha value is -1.32. The van der Waals surface area contributed by atoms with Crippen LogP contribution in [-0.4, -0.2) is 24.6 Å². The van der Waals surface area contributed by atoms with Crippen molar-refractivity contribution in [1.29, 1.82) is 0 Å². The van der Waals surface area contributed by atoms with Gasteiger partial charge < -0.3 is 9.47 Å². The zero-order valence-corrected chi connectivity index (χ0v) is 10.9. The van der Waals surface area contributed by atoms with E-state index in [-0.39, 0.29) is 6.10 Å². The van der Waals surface area contributed by atoms with Crippen molar-refractivity contribution >= 4 is 11.9 Å². The molecule has 0 aliphatic rings. The van der Waals surface area contributed by atoms with Crippen LogP contribution < -0.4 is 0 Å². The van der Waals surface area contributed by atoms with E-state index in [1.807, 2.05) is 0 Å². The Morgan fingerprint density at radius 2 is 1.71 bits per heavy atom. The molecule has 0 aliphatic heterocycles. The fourth-order valence-electron chi connectivity index (χ4n) is 1.16. The summed E-state index contributed by atoms with van der Waals surface area (Å²) >= 11 is 0. The lowest BCUT2D eigenvalue weighted by Gasteiger charge is -2.04. The van der Waals surface area contributed by atoms with Crippen LogP contribution in [-0.2, 0) is 19.1 Å². The standard InChI is InChI=1S/C13H22O4/c1-4-5-6-7-10-16-12(14)8-9-13(15)17-11(2)3/h8-9,11H,4-7,10H2,1-3H3/b9-8+. The van der Waals surface area contributed by atoms with Crippen LogP contribution >= 0.6 is 0 Å². The first-order valence-electron chi connectivity index (χ1n) is 6.11. The van der Waals surface area contributed by atoms with Gasteiger partial charge in [-0.05, 0) is 20.3 Å². The Bertz CT molecular complexity index is 256. The Kier molecular flexibility index (Phi) is 9.11. The highest BCUT2D eigenvalue weighted by molar-refractivity contribution is 5.91. The molecule has 0 bridgehead atoms. The van der Waals surface area contributed by atoms with Crippen molar-refractivity contribution < 1.29 is 19.1 Å². The van der Waals surface area contributed by atoms with Gasteiger partial charge in [-0.3, -0.25) is 0 Å².